The minimum Gasteiger partial charge on any atom is -0.363 e. The molecule has 0 bridgehead atoms. The van der Waals surface area contributed by atoms with Gasteiger partial charge in [-0.3, -0.25) is 0 Å². The zero-order valence-corrected chi connectivity index (χ0v) is 12.4. The average Bonchev–Trinajstić information content (AvgIpc) is 2.97. The molecule has 0 fully saturated rings. The molecule has 0 saturated carbocycles. The summed E-state index contributed by atoms with van der Waals surface area (Å²) in [6.45, 7) is 2.75. The molecule has 0 aliphatic rings. The molecule has 2 rings (SSSR count). The highest BCUT2D eigenvalue weighted by molar-refractivity contribution is 7.89. The van der Waals surface area contributed by atoms with Gasteiger partial charge in [0, 0.05) is 36.1 Å². The maximum absolute atomic E-state index is 12.1. The summed E-state index contributed by atoms with van der Waals surface area (Å²) >= 11 is 1.48. The van der Waals surface area contributed by atoms with Crippen molar-refractivity contribution in [1.82, 2.24) is 20.0 Å². The molecule has 2 aromatic heterocycles. The van der Waals surface area contributed by atoms with Crippen LogP contribution in [0.5, 0.6) is 0 Å². The molecule has 2 aromatic rings. The highest BCUT2D eigenvalue weighted by atomic mass is 32.2. The molecule has 0 amide bonds. The van der Waals surface area contributed by atoms with Gasteiger partial charge in [-0.2, -0.15) is 0 Å². The largest absolute Gasteiger partial charge is 0.363 e. The normalized spacial score (nSPS) is 11.9. The molecule has 0 aromatic carbocycles. The molecule has 0 spiro atoms. The number of aromatic nitrogens is 2. The Balaban J connectivity index is 2.04. The van der Waals surface area contributed by atoms with E-state index in [1.165, 1.54) is 17.5 Å². The van der Waals surface area contributed by atoms with Gasteiger partial charge in [-0.1, -0.05) is 0 Å². The first kappa shape index (κ1) is 14.2. The zero-order valence-electron chi connectivity index (χ0n) is 10.7. The number of aryl methyl sites for hydroxylation is 1. The van der Waals surface area contributed by atoms with Gasteiger partial charge in [0.25, 0.3) is 0 Å². The van der Waals surface area contributed by atoms with E-state index >= 15 is 0 Å². The molecule has 6 nitrogen and oxygen atoms in total. The van der Waals surface area contributed by atoms with Gasteiger partial charge < -0.3 is 10.3 Å². The predicted octanol–water partition coefficient (Wildman–Crippen LogP) is 0.978. The number of sulfonamides is 1. The Morgan fingerprint density at radius 3 is 2.84 bits per heavy atom. The standard InChI is InChI=1S/C11H16N4O2S2/c1-8-13-5-10(18-8)6-15-19(16,17)11-3-9(4-12-2)14-7-11/h3,5,7,12,14-15H,4,6H2,1-2H3. The van der Waals surface area contributed by atoms with Gasteiger partial charge in [-0.25, -0.2) is 18.1 Å². The van der Waals surface area contributed by atoms with Gasteiger partial charge in [0.05, 0.1) is 9.90 Å². The minimum atomic E-state index is -3.48. The van der Waals surface area contributed by atoms with Gasteiger partial charge in [0.1, 0.15) is 0 Å². The Morgan fingerprint density at radius 2 is 2.21 bits per heavy atom. The van der Waals surface area contributed by atoms with Crippen LogP contribution in [0, 0.1) is 6.92 Å². The second kappa shape index (κ2) is 5.83. The Hall–Kier alpha value is -1.22. The highest BCUT2D eigenvalue weighted by Crippen LogP contribution is 2.14. The fourth-order valence-electron chi connectivity index (χ4n) is 1.60. The maximum atomic E-state index is 12.1. The molecule has 0 atom stereocenters. The lowest BCUT2D eigenvalue weighted by Crippen LogP contribution is -2.22. The Morgan fingerprint density at radius 1 is 1.42 bits per heavy atom. The summed E-state index contributed by atoms with van der Waals surface area (Å²) in [4.78, 5) is 8.16. The van der Waals surface area contributed by atoms with Crippen LogP contribution in [0.1, 0.15) is 15.6 Å². The Bertz CT molecular complexity index is 645. The predicted molar refractivity (Wildman–Crippen MR) is 74.4 cm³/mol. The number of thiazole rings is 1. The van der Waals surface area contributed by atoms with Crippen LogP contribution in [0.4, 0.5) is 0 Å². The zero-order chi connectivity index (χ0) is 13.9. The summed E-state index contributed by atoms with van der Waals surface area (Å²) in [6, 6.07) is 1.62. The van der Waals surface area contributed by atoms with Crippen LogP contribution in [0.2, 0.25) is 0 Å². The van der Waals surface area contributed by atoms with E-state index in [4.69, 9.17) is 0 Å². The van der Waals surface area contributed by atoms with E-state index in [-0.39, 0.29) is 11.4 Å². The van der Waals surface area contributed by atoms with Crippen molar-refractivity contribution in [1.29, 1.82) is 0 Å². The molecule has 0 unspecified atom stereocenters. The van der Waals surface area contributed by atoms with Crippen molar-refractivity contribution in [3.8, 4) is 0 Å². The second-order valence-corrected chi connectivity index (χ2v) is 7.15. The fourth-order valence-corrected chi connectivity index (χ4v) is 3.45. The van der Waals surface area contributed by atoms with E-state index < -0.39 is 10.0 Å². The highest BCUT2D eigenvalue weighted by Gasteiger charge is 2.16. The van der Waals surface area contributed by atoms with Crippen molar-refractivity contribution in [2.75, 3.05) is 7.05 Å². The number of hydrogen-bond donors (Lipinski definition) is 3. The van der Waals surface area contributed by atoms with Crippen LogP contribution >= 0.6 is 11.3 Å². The van der Waals surface area contributed by atoms with Crippen molar-refractivity contribution in [2.45, 2.75) is 24.9 Å². The lowest BCUT2D eigenvalue weighted by atomic mass is 10.4. The first-order valence-electron chi connectivity index (χ1n) is 5.74. The monoisotopic (exact) mass is 300 g/mol. The van der Waals surface area contributed by atoms with E-state index in [9.17, 15) is 8.42 Å². The lowest BCUT2D eigenvalue weighted by Gasteiger charge is -2.02. The number of rotatable bonds is 6. The van der Waals surface area contributed by atoms with Gasteiger partial charge in [0.15, 0.2) is 0 Å². The summed E-state index contributed by atoms with van der Waals surface area (Å²) in [6.07, 6.45) is 3.18. The molecule has 0 aliphatic heterocycles. The lowest BCUT2D eigenvalue weighted by molar-refractivity contribution is 0.582. The molecule has 8 heteroatoms. The van der Waals surface area contributed by atoms with Crippen molar-refractivity contribution in [3.63, 3.8) is 0 Å². The first-order valence-corrected chi connectivity index (χ1v) is 8.04. The van der Waals surface area contributed by atoms with E-state index in [1.807, 2.05) is 6.92 Å². The molecule has 104 valence electrons. The third-order valence-electron chi connectivity index (χ3n) is 2.50. The van der Waals surface area contributed by atoms with Crippen LogP contribution in [0.25, 0.3) is 0 Å². The number of nitrogens with one attached hydrogen (secondary N) is 3. The van der Waals surface area contributed by atoms with Gasteiger partial charge >= 0.3 is 0 Å². The minimum absolute atomic E-state index is 0.249. The second-order valence-electron chi connectivity index (χ2n) is 4.06. The number of hydrogen-bond acceptors (Lipinski definition) is 5. The molecule has 0 radical (unpaired) electrons. The van der Waals surface area contributed by atoms with Crippen LogP contribution in [0.3, 0.4) is 0 Å². The van der Waals surface area contributed by atoms with E-state index in [0.717, 1.165) is 15.6 Å². The van der Waals surface area contributed by atoms with Crippen molar-refractivity contribution in [2.24, 2.45) is 0 Å². The van der Waals surface area contributed by atoms with Crippen molar-refractivity contribution >= 4 is 21.4 Å². The van der Waals surface area contributed by atoms with Gasteiger partial charge in [-0.15, -0.1) is 11.3 Å². The Labute approximate surface area is 116 Å². The first-order chi connectivity index (χ1) is 9.01. The van der Waals surface area contributed by atoms with Gasteiger partial charge in [-0.05, 0) is 20.0 Å². The molecular formula is C11H16N4O2S2. The summed E-state index contributed by atoms with van der Waals surface area (Å²) in [5, 5.41) is 3.88. The summed E-state index contributed by atoms with van der Waals surface area (Å²) < 4.78 is 26.7. The quantitative estimate of drug-likeness (QED) is 0.742. The van der Waals surface area contributed by atoms with Crippen LogP contribution < -0.4 is 10.0 Å². The van der Waals surface area contributed by atoms with Crippen molar-refractivity contribution in [3.05, 3.63) is 34.0 Å². The van der Waals surface area contributed by atoms with Crippen LogP contribution in [-0.2, 0) is 23.1 Å². The number of H-pyrrole nitrogens is 1. The molecule has 2 heterocycles. The van der Waals surface area contributed by atoms with Crippen LogP contribution in [0.15, 0.2) is 23.4 Å². The average molecular weight is 300 g/mol. The van der Waals surface area contributed by atoms with Crippen LogP contribution in [-0.4, -0.2) is 25.4 Å². The molecule has 19 heavy (non-hydrogen) atoms. The molecule has 0 aliphatic carbocycles. The van der Waals surface area contributed by atoms with E-state index in [2.05, 4.69) is 20.0 Å². The third-order valence-corrected chi connectivity index (χ3v) is 4.79. The Kier molecular flexibility index (Phi) is 4.35. The summed E-state index contributed by atoms with van der Waals surface area (Å²) in [5.41, 5.74) is 0.830. The van der Waals surface area contributed by atoms with Gasteiger partial charge in [0.2, 0.25) is 10.0 Å². The SMILES string of the molecule is CNCc1cc(S(=O)(=O)NCc2cnc(C)s2)c[nH]1. The summed E-state index contributed by atoms with van der Waals surface area (Å²) in [7, 11) is -1.67. The topological polar surface area (TPSA) is 86.9 Å². The number of nitrogens with zero attached hydrogens (tertiary/aromatic N) is 1. The maximum Gasteiger partial charge on any atom is 0.242 e. The summed E-state index contributed by atoms with van der Waals surface area (Å²) in [5.74, 6) is 0. The van der Waals surface area contributed by atoms with E-state index in [1.54, 1.807) is 19.3 Å². The molecule has 0 saturated heterocycles. The third kappa shape index (κ3) is 3.63. The van der Waals surface area contributed by atoms with Crippen molar-refractivity contribution < 1.29 is 8.42 Å². The number of aromatic amines is 1. The molecular weight excluding hydrogens is 284 g/mol. The molecule has 3 N–H and O–H groups in total. The fraction of sp³-hybridized carbons (Fsp3) is 0.364. The smallest absolute Gasteiger partial charge is 0.242 e. The van der Waals surface area contributed by atoms with E-state index in [0.29, 0.717) is 6.54 Å².